The molecule has 0 unspecified atom stereocenters. The highest BCUT2D eigenvalue weighted by Crippen LogP contribution is 2.27. The van der Waals surface area contributed by atoms with Crippen LogP contribution in [0.3, 0.4) is 0 Å². The highest BCUT2D eigenvalue weighted by atomic mass is 32.1. The molecule has 1 N–H and O–H groups in total. The van der Waals surface area contributed by atoms with E-state index < -0.39 is 0 Å². The van der Waals surface area contributed by atoms with Gasteiger partial charge in [0.25, 0.3) is 0 Å². The van der Waals surface area contributed by atoms with Crippen LogP contribution in [0.15, 0.2) is 17.0 Å². The van der Waals surface area contributed by atoms with E-state index >= 15 is 0 Å². The fraction of sp³-hybridized carbons (Fsp3) is 0. The van der Waals surface area contributed by atoms with Crippen LogP contribution in [0.5, 0.6) is 5.88 Å². The van der Waals surface area contributed by atoms with Crippen molar-refractivity contribution in [3.05, 3.63) is 17.0 Å². The molecule has 2 heterocycles. The Morgan fingerprint density at radius 2 is 2.18 bits per heavy atom. The summed E-state index contributed by atoms with van der Waals surface area (Å²) in [4.78, 5) is 7.93. The lowest BCUT2D eigenvalue weighted by molar-refractivity contribution is 0.458. The SMILES string of the molecule is Oc1csc(-c2nccs2)n1. The molecule has 2 aromatic rings. The van der Waals surface area contributed by atoms with Crippen LogP contribution in [0.4, 0.5) is 0 Å². The molecule has 0 radical (unpaired) electrons. The molecule has 56 valence electrons. The van der Waals surface area contributed by atoms with Gasteiger partial charge in [0, 0.05) is 11.6 Å². The third-order valence-corrected chi connectivity index (χ3v) is 2.85. The molecule has 0 spiro atoms. The zero-order valence-corrected chi connectivity index (χ0v) is 7.02. The number of rotatable bonds is 1. The van der Waals surface area contributed by atoms with Crippen LogP contribution in [-0.4, -0.2) is 15.1 Å². The predicted molar refractivity (Wildman–Crippen MR) is 44.9 cm³/mol. The van der Waals surface area contributed by atoms with Crippen LogP contribution in [-0.2, 0) is 0 Å². The maximum absolute atomic E-state index is 8.93. The second kappa shape index (κ2) is 2.60. The summed E-state index contributed by atoms with van der Waals surface area (Å²) in [6, 6.07) is 0. The molecule has 0 aliphatic carbocycles. The van der Waals surface area contributed by atoms with Crippen molar-refractivity contribution in [1.29, 1.82) is 0 Å². The van der Waals surface area contributed by atoms with Crippen molar-refractivity contribution < 1.29 is 5.11 Å². The van der Waals surface area contributed by atoms with Gasteiger partial charge in [-0.15, -0.1) is 22.7 Å². The largest absolute Gasteiger partial charge is 0.493 e. The van der Waals surface area contributed by atoms with Gasteiger partial charge in [0.05, 0.1) is 5.38 Å². The fourth-order valence-electron chi connectivity index (χ4n) is 0.693. The van der Waals surface area contributed by atoms with Gasteiger partial charge in [-0.2, -0.15) is 4.98 Å². The summed E-state index contributed by atoms with van der Waals surface area (Å²) in [6.07, 6.45) is 1.72. The Kier molecular flexibility index (Phi) is 1.59. The van der Waals surface area contributed by atoms with Crippen molar-refractivity contribution in [3.8, 4) is 15.9 Å². The second-order valence-electron chi connectivity index (χ2n) is 1.85. The minimum atomic E-state index is 0.0696. The number of nitrogens with zero attached hydrogens (tertiary/aromatic N) is 2. The van der Waals surface area contributed by atoms with E-state index in [1.54, 1.807) is 11.6 Å². The maximum atomic E-state index is 8.93. The van der Waals surface area contributed by atoms with Crippen LogP contribution in [0, 0.1) is 0 Å². The van der Waals surface area contributed by atoms with E-state index in [1.807, 2.05) is 5.38 Å². The monoisotopic (exact) mass is 184 g/mol. The Bertz CT molecular complexity index is 341. The zero-order valence-electron chi connectivity index (χ0n) is 5.39. The van der Waals surface area contributed by atoms with Crippen molar-refractivity contribution in [1.82, 2.24) is 9.97 Å². The normalized spacial score (nSPS) is 10.2. The molecule has 3 nitrogen and oxygen atoms in total. The average molecular weight is 184 g/mol. The van der Waals surface area contributed by atoms with Crippen molar-refractivity contribution in [3.63, 3.8) is 0 Å². The number of hydrogen-bond donors (Lipinski definition) is 1. The van der Waals surface area contributed by atoms with E-state index in [1.165, 1.54) is 22.7 Å². The van der Waals surface area contributed by atoms with Gasteiger partial charge < -0.3 is 5.11 Å². The molecule has 0 amide bonds. The van der Waals surface area contributed by atoms with Gasteiger partial charge in [-0.25, -0.2) is 4.98 Å². The molecule has 0 fully saturated rings. The third-order valence-electron chi connectivity index (χ3n) is 1.11. The quantitative estimate of drug-likeness (QED) is 0.737. The second-order valence-corrected chi connectivity index (χ2v) is 3.60. The summed E-state index contributed by atoms with van der Waals surface area (Å²) in [5.41, 5.74) is 0. The summed E-state index contributed by atoms with van der Waals surface area (Å²) < 4.78 is 0. The lowest BCUT2D eigenvalue weighted by Crippen LogP contribution is -1.70. The molecule has 11 heavy (non-hydrogen) atoms. The van der Waals surface area contributed by atoms with E-state index in [0.29, 0.717) is 0 Å². The zero-order chi connectivity index (χ0) is 7.68. The first-order chi connectivity index (χ1) is 5.36. The highest BCUT2D eigenvalue weighted by molar-refractivity contribution is 7.19. The smallest absolute Gasteiger partial charge is 0.222 e. The third kappa shape index (κ3) is 1.24. The summed E-state index contributed by atoms with van der Waals surface area (Å²) in [7, 11) is 0. The molecule has 2 rings (SSSR count). The van der Waals surface area contributed by atoms with Gasteiger partial charge in [0.1, 0.15) is 0 Å². The van der Waals surface area contributed by atoms with Crippen molar-refractivity contribution in [2.24, 2.45) is 0 Å². The molecule has 0 aromatic carbocycles. The van der Waals surface area contributed by atoms with Crippen LogP contribution in [0.25, 0.3) is 10.0 Å². The predicted octanol–water partition coefficient (Wildman–Crippen LogP) is 1.97. The summed E-state index contributed by atoms with van der Waals surface area (Å²) in [5.74, 6) is 0.0696. The summed E-state index contributed by atoms with van der Waals surface area (Å²) in [6.45, 7) is 0. The molecule has 0 aliphatic heterocycles. The maximum Gasteiger partial charge on any atom is 0.222 e. The molecule has 0 saturated heterocycles. The van der Waals surface area contributed by atoms with E-state index in [0.717, 1.165) is 10.0 Å². The van der Waals surface area contributed by atoms with E-state index in [-0.39, 0.29) is 5.88 Å². The minimum absolute atomic E-state index is 0.0696. The lowest BCUT2D eigenvalue weighted by atomic mass is 10.7. The van der Waals surface area contributed by atoms with E-state index in [2.05, 4.69) is 9.97 Å². The molecular weight excluding hydrogens is 180 g/mol. The van der Waals surface area contributed by atoms with Crippen LogP contribution in [0.1, 0.15) is 0 Å². The van der Waals surface area contributed by atoms with Gasteiger partial charge in [-0.05, 0) is 0 Å². The topological polar surface area (TPSA) is 46.0 Å². The Hall–Kier alpha value is -0.940. The van der Waals surface area contributed by atoms with E-state index in [4.69, 9.17) is 5.11 Å². The van der Waals surface area contributed by atoms with Crippen molar-refractivity contribution in [2.75, 3.05) is 0 Å². The Morgan fingerprint density at radius 1 is 1.27 bits per heavy atom. The molecule has 2 aromatic heterocycles. The molecule has 0 atom stereocenters. The van der Waals surface area contributed by atoms with Gasteiger partial charge in [-0.1, -0.05) is 0 Å². The Balaban J connectivity index is 2.45. The van der Waals surface area contributed by atoms with Crippen molar-refractivity contribution >= 4 is 22.7 Å². The van der Waals surface area contributed by atoms with Crippen LogP contribution >= 0.6 is 22.7 Å². The van der Waals surface area contributed by atoms with Crippen LogP contribution in [0.2, 0.25) is 0 Å². The summed E-state index contributed by atoms with van der Waals surface area (Å²) in [5, 5.41) is 14.0. The number of thiazole rings is 2. The van der Waals surface area contributed by atoms with E-state index in [9.17, 15) is 0 Å². The van der Waals surface area contributed by atoms with Gasteiger partial charge in [0.15, 0.2) is 10.0 Å². The Labute approximate surface area is 71.0 Å². The molecule has 0 saturated carbocycles. The highest BCUT2D eigenvalue weighted by Gasteiger charge is 2.04. The van der Waals surface area contributed by atoms with Crippen LogP contribution < -0.4 is 0 Å². The molecule has 0 aliphatic rings. The molecule has 0 bridgehead atoms. The first kappa shape index (κ1) is 6.75. The van der Waals surface area contributed by atoms with Gasteiger partial charge >= 0.3 is 0 Å². The number of aromatic nitrogens is 2. The lowest BCUT2D eigenvalue weighted by Gasteiger charge is -1.82. The number of hydrogen-bond acceptors (Lipinski definition) is 5. The standard InChI is InChI=1S/C6H4N2OS2/c9-4-3-11-6(8-4)5-7-1-2-10-5/h1-3,9H. The van der Waals surface area contributed by atoms with Gasteiger partial charge in [0.2, 0.25) is 5.88 Å². The van der Waals surface area contributed by atoms with Gasteiger partial charge in [-0.3, -0.25) is 0 Å². The average Bonchev–Trinajstić information content (AvgIpc) is 2.55. The van der Waals surface area contributed by atoms with Crippen molar-refractivity contribution in [2.45, 2.75) is 0 Å². The first-order valence-corrected chi connectivity index (χ1v) is 4.66. The summed E-state index contributed by atoms with van der Waals surface area (Å²) >= 11 is 2.91. The number of aromatic hydroxyl groups is 1. The Morgan fingerprint density at radius 3 is 2.73 bits per heavy atom. The fourth-order valence-corrected chi connectivity index (χ4v) is 2.07. The minimum Gasteiger partial charge on any atom is -0.493 e. The molecular formula is C6H4N2OS2. The first-order valence-electron chi connectivity index (χ1n) is 2.90. The molecule has 5 heteroatoms.